The molecule has 0 atom stereocenters. The van der Waals surface area contributed by atoms with Crippen molar-refractivity contribution in [1.29, 1.82) is 0 Å². The van der Waals surface area contributed by atoms with E-state index in [0.29, 0.717) is 41.0 Å². The van der Waals surface area contributed by atoms with Crippen molar-refractivity contribution >= 4 is 23.4 Å². The first-order valence-electron chi connectivity index (χ1n) is 14.5. The third-order valence-corrected chi connectivity index (χ3v) is 7.73. The SMILES string of the molecule is Cc1ccc(CON(C)C(=O)c2ccc(NC(=O)c3ccccc3O)cc2-c2ccccc2)c(C(=O)N2CCN(C)CC2)c1. The van der Waals surface area contributed by atoms with E-state index in [9.17, 15) is 19.5 Å². The molecule has 3 amide bonds. The van der Waals surface area contributed by atoms with E-state index in [2.05, 4.69) is 10.2 Å². The number of nitrogens with zero attached hydrogens (tertiary/aromatic N) is 3. The fraction of sp³-hybridized carbons (Fsp3) is 0.229. The number of aromatic hydroxyl groups is 1. The first-order chi connectivity index (χ1) is 21.2. The Morgan fingerprint density at radius 1 is 0.841 bits per heavy atom. The number of piperazine rings is 1. The van der Waals surface area contributed by atoms with E-state index < -0.39 is 5.91 Å². The van der Waals surface area contributed by atoms with Crippen LogP contribution < -0.4 is 5.32 Å². The van der Waals surface area contributed by atoms with E-state index in [4.69, 9.17) is 4.84 Å². The summed E-state index contributed by atoms with van der Waals surface area (Å²) in [5, 5.41) is 14.1. The van der Waals surface area contributed by atoms with Crippen molar-refractivity contribution in [3.05, 3.63) is 119 Å². The zero-order chi connectivity index (χ0) is 31.2. The molecule has 0 bridgehead atoms. The second-order valence-corrected chi connectivity index (χ2v) is 10.9. The number of para-hydroxylation sites is 1. The van der Waals surface area contributed by atoms with Gasteiger partial charge in [-0.2, -0.15) is 0 Å². The van der Waals surface area contributed by atoms with Crippen LogP contribution in [0.5, 0.6) is 5.75 Å². The van der Waals surface area contributed by atoms with Crippen LogP contribution in [0.15, 0.2) is 91.0 Å². The molecule has 0 aromatic heterocycles. The number of anilines is 1. The molecular formula is C35H36N4O5. The quantitative estimate of drug-likeness (QED) is 0.273. The Labute approximate surface area is 257 Å². The maximum absolute atomic E-state index is 13.7. The Bertz CT molecular complexity index is 1670. The Balaban J connectivity index is 1.35. The van der Waals surface area contributed by atoms with Crippen LogP contribution in [0.25, 0.3) is 11.1 Å². The minimum absolute atomic E-state index is 0.0344. The number of carbonyl (C=O) groups excluding carboxylic acids is 3. The summed E-state index contributed by atoms with van der Waals surface area (Å²) in [5.41, 5.74) is 4.60. The molecule has 1 saturated heterocycles. The highest BCUT2D eigenvalue weighted by molar-refractivity contribution is 6.07. The number of carbonyl (C=O) groups is 3. The molecule has 0 spiro atoms. The topological polar surface area (TPSA) is 102 Å². The minimum Gasteiger partial charge on any atom is -0.507 e. The molecular weight excluding hydrogens is 556 g/mol. The summed E-state index contributed by atoms with van der Waals surface area (Å²) in [5.74, 6) is -1.02. The van der Waals surface area contributed by atoms with Gasteiger partial charge in [0.25, 0.3) is 17.7 Å². The summed E-state index contributed by atoms with van der Waals surface area (Å²) < 4.78 is 0. The number of hydrogen-bond donors (Lipinski definition) is 2. The molecule has 4 aromatic carbocycles. The Hall–Kier alpha value is -4.99. The highest BCUT2D eigenvalue weighted by Crippen LogP contribution is 2.29. The van der Waals surface area contributed by atoms with Crippen molar-refractivity contribution in [2.45, 2.75) is 13.5 Å². The van der Waals surface area contributed by atoms with Crippen molar-refractivity contribution in [2.24, 2.45) is 0 Å². The van der Waals surface area contributed by atoms with Gasteiger partial charge < -0.3 is 20.2 Å². The Morgan fingerprint density at radius 3 is 2.27 bits per heavy atom. The first kappa shape index (κ1) is 30.5. The van der Waals surface area contributed by atoms with Crippen LogP contribution in [-0.4, -0.2) is 78.0 Å². The number of rotatable bonds is 8. The number of aryl methyl sites for hydroxylation is 1. The molecule has 226 valence electrons. The average Bonchev–Trinajstić information content (AvgIpc) is 3.04. The van der Waals surface area contributed by atoms with Gasteiger partial charge in [-0.15, -0.1) is 0 Å². The molecule has 2 N–H and O–H groups in total. The third kappa shape index (κ3) is 6.96. The third-order valence-electron chi connectivity index (χ3n) is 7.73. The van der Waals surface area contributed by atoms with Crippen LogP contribution in [-0.2, 0) is 11.4 Å². The van der Waals surface area contributed by atoms with Crippen LogP contribution in [0.4, 0.5) is 5.69 Å². The van der Waals surface area contributed by atoms with E-state index in [1.807, 2.05) is 67.4 Å². The second kappa shape index (κ2) is 13.5. The van der Waals surface area contributed by atoms with Gasteiger partial charge in [-0.1, -0.05) is 60.2 Å². The van der Waals surface area contributed by atoms with Gasteiger partial charge in [0.2, 0.25) is 0 Å². The number of hydrogen-bond acceptors (Lipinski definition) is 6. The highest BCUT2D eigenvalue weighted by atomic mass is 16.7. The molecule has 44 heavy (non-hydrogen) atoms. The van der Waals surface area contributed by atoms with Crippen LogP contribution in [0.1, 0.15) is 42.2 Å². The first-order valence-corrected chi connectivity index (χ1v) is 14.5. The lowest BCUT2D eigenvalue weighted by molar-refractivity contribution is -0.116. The second-order valence-electron chi connectivity index (χ2n) is 10.9. The van der Waals surface area contributed by atoms with Crippen LogP contribution in [0, 0.1) is 6.92 Å². The fourth-order valence-corrected chi connectivity index (χ4v) is 5.12. The van der Waals surface area contributed by atoms with Gasteiger partial charge in [0.05, 0.1) is 5.56 Å². The Kier molecular flexibility index (Phi) is 9.38. The molecule has 1 fully saturated rings. The van der Waals surface area contributed by atoms with Crippen molar-refractivity contribution in [3.63, 3.8) is 0 Å². The van der Waals surface area contributed by atoms with E-state index in [1.165, 1.54) is 17.2 Å². The summed E-state index contributed by atoms with van der Waals surface area (Å²) in [6, 6.07) is 26.3. The zero-order valence-corrected chi connectivity index (χ0v) is 25.1. The molecule has 9 heteroatoms. The van der Waals surface area contributed by atoms with E-state index in [1.54, 1.807) is 37.4 Å². The van der Waals surface area contributed by atoms with Crippen LogP contribution in [0.2, 0.25) is 0 Å². The number of nitrogens with one attached hydrogen (secondary N) is 1. The Morgan fingerprint density at radius 2 is 1.55 bits per heavy atom. The standard InChI is InChI=1S/C35H36N4O5/c1-24-13-14-26(31(21-24)35(43)39-19-17-37(2)18-20-39)23-44-38(3)34(42)28-16-15-27(22-30(28)25-9-5-4-6-10-25)36-33(41)29-11-7-8-12-32(29)40/h4-16,21-22,40H,17-20,23H2,1-3H3,(H,36,41). The predicted octanol–water partition coefficient (Wildman–Crippen LogP) is 5.21. The summed E-state index contributed by atoms with van der Waals surface area (Å²) in [6.45, 7) is 4.94. The normalized spacial score (nSPS) is 13.4. The summed E-state index contributed by atoms with van der Waals surface area (Å²) >= 11 is 0. The lowest BCUT2D eigenvalue weighted by Crippen LogP contribution is -2.47. The summed E-state index contributed by atoms with van der Waals surface area (Å²) in [4.78, 5) is 50.0. The molecule has 1 aliphatic rings. The number of hydroxylamine groups is 2. The molecule has 0 unspecified atom stereocenters. The van der Waals surface area contributed by atoms with Gasteiger partial charge in [-0.3, -0.25) is 19.2 Å². The van der Waals surface area contributed by atoms with Crippen molar-refractivity contribution in [2.75, 3.05) is 45.6 Å². The van der Waals surface area contributed by atoms with Gasteiger partial charge in [-0.25, -0.2) is 5.06 Å². The van der Waals surface area contributed by atoms with Crippen molar-refractivity contribution in [1.82, 2.24) is 14.9 Å². The van der Waals surface area contributed by atoms with Gasteiger partial charge in [0.15, 0.2) is 0 Å². The lowest BCUT2D eigenvalue weighted by atomic mass is 9.98. The summed E-state index contributed by atoms with van der Waals surface area (Å²) in [6.07, 6.45) is 0. The van der Waals surface area contributed by atoms with Crippen molar-refractivity contribution in [3.8, 4) is 16.9 Å². The average molecular weight is 593 g/mol. The lowest BCUT2D eigenvalue weighted by Gasteiger charge is -2.33. The number of phenolic OH excluding ortho intramolecular Hbond substituents is 1. The van der Waals surface area contributed by atoms with Gasteiger partial charge in [0, 0.05) is 50.0 Å². The molecule has 1 heterocycles. The molecule has 5 rings (SSSR count). The zero-order valence-electron chi connectivity index (χ0n) is 25.1. The minimum atomic E-state index is -0.471. The molecule has 0 saturated carbocycles. The maximum atomic E-state index is 13.7. The molecule has 9 nitrogen and oxygen atoms in total. The van der Waals surface area contributed by atoms with Gasteiger partial charge >= 0.3 is 0 Å². The highest BCUT2D eigenvalue weighted by Gasteiger charge is 2.24. The number of amides is 3. The van der Waals surface area contributed by atoms with Gasteiger partial charge in [0.1, 0.15) is 12.4 Å². The van der Waals surface area contributed by atoms with Crippen molar-refractivity contribution < 1.29 is 24.3 Å². The summed E-state index contributed by atoms with van der Waals surface area (Å²) in [7, 11) is 3.59. The predicted molar refractivity (Wildman–Crippen MR) is 169 cm³/mol. The van der Waals surface area contributed by atoms with E-state index >= 15 is 0 Å². The van der Waals surface area contributed by atoms with Crippen LogP contribution >= 0.6 is 0 Å². The van der Waals surface area contributed by atoms with Crippen LogP contribution in [0.3, 0.4) is 0 Å². The van der Waals surface area contributed by atoms with E-state index in [-0.39, 0.29) is 29.7 Å². The largest absolute Gasteiger partial charge is 0.507 e. The van der Waals surface area contributed by atoms with E-state index in [0.717, 1.165) is 24.2 Å². The molecule has 0 aliphatic carbocycles. The number of benzene rings is 4. The molecule has 4 aromatic rings. The molecule has 0 radical (unpaired) electrons. The number of likely N-dealkylation sites (N-methyl/N-ethyl adjacent to an activating group) is 1. The fourth-order valence-electron chi connectivity index (χ4n) is 5.12. The molecule has 1 aliphatic heterocycles. The monoisotopic (exact) mass is 592 g/mol. The maximum Gasteiger partial charge on any atom is 0.277 e. The smallest absolute Gasteiger partial charge is 0.277 e. The van der Waals surface area contributed by atoms with Gasteiger partial charge in [-0.05, 0) is 67.1 Å². The number of phenols is 1.